The molecule has 2 saturated heterocycles. The molecule has 0 radical (unpaired) electrons. The molecule has 0 spiro atoms. The van der Waals surface area contributed by atoms with Crippen LogP contribution in [0.2, 0.25) is 0 Å². The predicted octanol–water partition coefficient (Wildman–Crippen LogP) is 12.3. The number of ether oxygens (including phenoxy) is 3. The Morgan fingerprint density at radius 1 is 0.435 bits per heavy atom. The Bertz CT molecular complexity index is 4080. The fourth-order valence-corrected chi connectivity index (χ4v) is 10.6. The van der Waals surface area contributed by atoms with Crippen molar-refractivity contribution in [3.05, 3.63) is 162 Å². The maximum atomic E-state index is 13.8. The first kappa shape index (κ1) is 66.0. The molecule has 2 aliphatic rings. The van der Waals surface area contributed by atoms with Crippen molar-refractivity contribution < 1.29 is 57.7 Å². The van der Waals surface area contributed by atoms with E-state index in [9.17, 15) is 43.5 Å². The Morgan fingerprint density at radius 3 is 1.21 bits per heavy atom. The minimum atomic E-state index is -1.18. The van der Waals surface area contributed by atoms with Crippen LogP contribution >= 0.6 is 0 Å². The number of amides is 6. The molecule has 4 aromatic carbocycles. The molecule has 8 aromatic rings. The van der Waals surface area contributed by atoms with Gasteiger partial charge in [-0.25, -0.2) is 23.7 Å². The molecule has 2 aliphatic heterocycles. The molecule has 0 atom stereocenters. The minimum absolute atomic E-state index is 0.0526. The first-order chi connectivity index (χ1) is 43.3. The SMILES string of the molecule is CC(C)(C)OC(=O)N1CCN(C(=O)c2ccc(-c3ccc4c(c3)c(C(=O)Nc3ccncc3)c(C(C)(C)C)n4C(=O)O)cc2)CC1.CC(C)(C)OC(=O)N1CCN(C(=O)c2ccc(-c3ccc4c(c3)c(C(=O)Nc3ccncc3)nn4C(=O)OC(C)(C)C)cc2)CC1. The zero-order valence-corrected chi connectivity index (χ0v) is 53.8. The predicted molar refractivity (Wildman–Crippen MR) is 348 cm³/mol. The van der Waals surface area contributed by atoms with Gasteiger partial charge in [-0.2, -0.15) is 9.78 Å². The number of carbonyl (C=O) groups excluding carboxylic acids is 7. The second kappa shape index (κ2) is 26.6. The maximum Gasteiger partial charge on any atom is 0.435 e. The van der Waals surface area contributed by atoms with E-state index in [1.54, 1.807) is 132 Å². The highest BCUT2D eigenvalue weighted by atomic mass is 16.6. The third kappa shape index (κ3) is 15.7. The first-order valence-corrected chi connectivity index (χ1v) is 30.2. The molecule has 4 aromatic heterocycles. The zero-order chi connectivity index (χ0) is 66.6. The van der Waals surface area contributed by atoms with Crippen LogP contribution in [0.15, 0.2) is 134 Å². The van der Waals surface area contributed by atoms with Gasteiger partial charge in [-0.3, -0.25) is 29.1 Å². The smallest absolute Gasteiger partial charge is 0.435 e. The molecule has 0 saturated carbocycles. The third-order valence-corrected chi connectivity index (χ3v) is 14.8. The highest BCUT2D eigenvalue weighted by Crippen LogP contribution is 2.38. The molecule has 0 bridgehead atoms. The van der Waals surface area contributed by atoms with E-state index in [-0.39, 0.29) is 35.3 Å². The lowest BCUT2D eigenvalue weighted by molar-refractivity contribution is 0.0136. The Balaban J connectivity index is 0.000000217. The quantitative estimate of drug-likeness (QED) is 0.119. The number of rotatable bonds is 8. The van der Waals surface area contributed by atoms with Crippen molar-refractivity contribution in [3.8, 4) is 22.3 Å². The van der Waals surface area contributed by atoms with Crippen LogP contribution in [-0.4, -0.2) is 166 Å². The summed E-state index contributed by atoms with van der Waals surface area (Å²) in [7, 11) is 0. The molecular formula is C69H77N11O12. The number of nitrogens with one attached hydrogen (secondary N) is 2. The van der Waals surface area contributed by atoms with E-state index < -0.39 is 46.2 Å². The van der Waals surface area contributed by atoms with Gasteiger partial charge in [0.05, 0.1) is 16.6 Å². The Hall–Kier alpha value is -10.5. The number of aromatic nitrogens is 5. The van der Waals surface area contributed by atoms with Crippen LogP contribution in [0.3, 0.4) is 0 Å². The molecule has 3 N–H and O–H groups in total. The second-order valence-corrected chi connectivity index (χ2v) is 26.4. The summed E-state index contributed by atoms with van der Waals surface area (Å²) in [5, 5.41) is 21.2. The second-order valence-electron chi connectivity index (χ2n) is 26.4. The van der Waals surface area contributed by atoms with E-state index in [1.807, 2.05) is 105 Å². The van der Waals surface area contributed by atoms with Gasteiger partial charge in [0.15, 0.2) is 5.69 Å². The summed E-state index contributed by atoms with van der Waals surface area (Å²) in [6.07, 6.45) is 3.60. The molecule has 6 amide bonds. The average molecular weight is 1250 g/mol. The molecule has 480 valence electrons. The minimum Gasteiger partial charge on any atom is -0.464 e. The molecule has 6 heterocycles. The Labute approximate surface area is 533 Å². The Morgan fingerprint density at radius 2 is 0.804 bits per heavy atom. The number of piperazine rings is 2. The summed E-state index contributed by atoms with van der Waals surface area (Å²) in [4.78, 5) is 119. The van der Waals surface area contributed by atoms with Crippen LogP contribution in [0.4, 0.5) is 30.6 Å². The number of carbonyl (C=O) groups is 8. The fraction of sp³-hybridized carbons (Fsp3) is 0.348. The van der Waals surface area contributed by atoms with Crippen LogP contribution in [0, 0.1) is 0 Å². The molecule has 92 heavy (non-hydrogen) atoms. The van der Waals surface area contributed by atoms with Crippen molar-refractivity contribution in [1.82, 2.24) is 43.9 Å². The third-order valence-electron chi connectivity index (χ3n) is 14.8. The number of carboxylic acid groups (broad SMARTS) is 1. The molecule has 2 fully saturated rings. The molecule has 0 unspecified atom stereocenters. The molecule has 23 nitrogen and oxygen atoms in total. The van der Waals surface area contributed by atoms with Gasteiger partial charge < -0.3 is 49.6 Å². The van der Waals surface area contributed by atoms with Crippen molar-refractivity contribution in [2.45, 2.75) is 105 Å². The van der Waals surface area contributed by atoms with Gasteiger partial charge in [0.1, 0.15) is 16.8 Å². The largest absolute Gasteiger partial charge is 0.464 e. The van der Waals surface area contributed by atoms with E-state index in [2.05, 4.69) is 25.7 Å². The number of benzene rings is 4. The lowest BCUT2D eigenvalue weighted by Crippen LogP contribution is -2.51. The monoisotopic (exact) mass is 1250 g/mol. The van der Waals surface area contributed by atoms with Gasteiger partial charge in [0.25, 0.3) is 23.6 Å². The van der Waals surface area contributed by atoms with Gasteiger partial charge >= 0.3 is 24.4 Å². The highest BCUT2D eigenvalue weighted by Gasteiger charge is 2.35. The van der Waals surface area contributed by atoms with E-state index >= 15 is 0 Å². The number of pyridine rings is 2. The normalized spacial score (nSPS) is 13.8. The summed E-state index contributed by atoms with van der Waals surface area (Å²) in [5.74, 6) is -1.18. The van der Waals surface area contributed by atoms with Crippen LogP contribution < -0.4 is 10.6 Å². The van der Waals surface area contributed by atoms with Crippen molar-refractivity contribution >= 4 is 81.2 Å². The van der Waals surface area contributed by atoms with E-state index in [0.717, 1.165) is 26.9 Å². The molecule has 0 aliphatic carbocycles. The lowest BCUT2D eigenvalue weighted by Gasteiger charge is -2.35. The number of hydrogen-bond acceptors (Lipinski definition) is 14. The Kier molecular flexibility index (Phi) is 19.0. The van der Waals surface area contributed by atoms with Crippen molar-refractivity contribution in [2.75, 3.05) is 63.0 Å². The molecule has 23 heteroatoms. The van der Waals surface area contributed by atoms with Gasteiger partial charge in [0, 0.05) is 122 Å². The maximum absolute atomic E-state index is 13.8. The van der Waals surface area contributed by atoms with Gasteiger partial charge in [0.2, 0.25) is 0 Å². The van der Waals surface area contributed by atoms with E-state index in [1.165, 1.54) is 4.57 Å². The number of anilines is 2. The lowest BCUT2D eigenvalue weighted by atomic mass is 9.88. The van der Waals surface area contributed by atoms with Crippen LogP contribution in [-0.2, 0) is 19.6 Å². The van der Waals surface area contributed by atoms with Gasteiger partial charge in [-0.15, -0.1) is 0 Å². The van der Waals surface area contributed by atoms with Gasteiger partial charge in [-0.05, 0) is 157 Å². The number of nitrogens with zero attached hydrogens (tertiary/aromatic N) is 9. The average Bonchev–Trinajstić information content (AvgIpc) is 1.59. The molecular weight excluding hydrogens is 1170 g/mol. The van der Waals surface area contributed by atoms with Crippen molar-refractivity contribution in [3.63, 3.8) is 0 Å². The first-order valence-electron chi connectivity index (χ1n) is 30.2. The van der Waals surface area contributed by atoms with E-state index in [4.69, 9.17) is 14.2 Å². The van der Waals surface area contributed by atoms with Crippen molar-refractivity contribution in [2.24, 2.45) is 0 Å². The fourth-order valence-electron chi connectivity index (χ4n) is 10.6. The van der Waals surface area contributed by atoms with Crippen LogP contribution in [0.25, 0.3) is 44.1 Å². The zero-order valence-electron chi connectivity index (χ0n) is 53.8. The standard InChI is InChI=1S/C35H39N5O6.C34H38N6O6/c1-34(2,3)29-28(30(41)37-25-13-15-36-16-14-25)26-21-24(11-12-27(26)40(29)32(43)44)22-7-9-23(10-8-22)31(42)38-17-19-39(20-18-38)33(45)46-35(4,5)6;1-33(2,3)45-31(43)39-19-17-38(18-20-39)30(42)23-9-7-22(8-10-23)24-11-12-27-26(21-24)28(29(41)36-25-13-15-35-16-14-25)37-40(27)32(44)46-34(4,5)6/h7-16,21H,17-20H2,1-6H3,(H,43,44)(H,36,37,41);7-16,21H,17-20H2,1-6H3,(H,35,36,41). The van der Waals surface area contributed by atoms with Gasteiger partial charge in [-0.1, -0.05) is 57.2 Å². The topological polar surface area (TPSA) is 270 Å². The van der Waals surface area contributed by atoms with Crippen molar-refractivity contribution in [1.29, 1.82) is 0 Å². The van der Waals surface area contributed by atoms with Crippen LogP contribution in [0.5, 0.6) is 0 Å². The number of fused-ring (bicyclic) bond motifs is 2. The summed E-state index contributed by atoms with van der Waals surface area (Å²) < 4.78 is 18.7. The summed E-state index contributed by atoms with van der Waals surface area (Å²) in [6, 6.07) is 31.7. The number of hydrogen-bond donors (Lipinski definition) is 3. The highest BCUT2D eigenvalue weighted by molar-refractivity contribution is 6.17. The summed E-state index contributed by atoms with van der Waals surface area (Å²) in [5.41, 5.74) is 4.15. The molecule has 10 rings (SSSR count). The summed E-state index contributed by atoms with van der Waals surface area (Å²) >= 11 is 0. The van der Waals surface area contributed by atoms with Crippen LogP contribution in [0.1, 0.15) is 130 Å². The summed E-state index contributed by atoms with van der Waals surface area (Å²) in [6.45, 7) is 25.0. The van der Waals surface area contributed by atoms with E-state index in [0.29, 0.717) is 102 Å².